The van der Waals surface area contributed by atoms with Crippen LogP contribution >= 0.6 is 0 Å². The van der Waals surface area contributed by atoms with Gasteiger partial charge in [0.2, 0.25) is 0 Å². The highest BCUT2D eigenvalue weighted by molar-refractivity contribution is 5.81. The van der Waals surface area contributed by atoms with Crippen molar-refractivity contribution in [2.45, 2.75) is 57.7 Å². The predicted molar refractivity (Wildman–Crippen MR) is 105 cm³/mol. The molecule has 1 aromatic carbocycles. The van der Waals surface area contributed by atoms with E-state index in [1.807, 2.05) is 36.4 Å². The largest absolute Gasteiger partial charge is 0.453 e. The summed E-state index contributed by atoms with van der Waals surface area (Å²) in [6.07, 6.45) is 3.87. The van der Waals surface area contributed by atoms with Gasteiger partial charge in [-0.25, -0.2) is 9.97 Å². The van der Waals surface area contributed by atoms with Gasteiger partial charge in [0, 0.05) is 28.7 Å². The topological polar surface area (TPSA) is 63.0 Å². The maximum absolute atomic E-state index is 5.90. The van der Waals surface area contributed by atoms with E-state index in [9.17, 15) is 0 Å². The van der Waals surface area contributed by atoms with Gasteiger partial charge in [-0.15, -0.1) is 0 Å². The van der Waals surface area contributed by atoms with Gasteiger partial charge in [0.15, 0.2) is 11.6 Å². The van der Waals surface area contributed by atoms with Crippen LogP contribution in [0, 0.1) is 0 Å². The third-order valence-electron chi connectivity index (χ3n) is 4.84. The van der Waals surface area contributed by atoms with E-state index in [1.54, 1.807) is 6.20 Å². The molecule has 0 spiro atoms. The molecule has 3 heterocycles. The van der Waals surface area contributed by atoms with Crippen LogP contribution < -0.4 is 10.6 Å². The molecule has 2 N–H and O–H groups in total. The molecular weight excluding hydrogens is 324 g/mol. The van der Waals surface area contributed by atoms with Gasteiger partial charge in [-0.05, 0) is 58.7 Å². The molecule has 0 aliphatic carbocycles. The summed E-state index contributed by atoms with van der Waals surface area (Å²) in [6, 6.07) is 12.2. The van der Waals surface area contributed by atoms with Crippen molar-refractivity contribution in [3.8, 4) is 11.6 Å². The highest BCUT2D eigenvalue weighted by Gasteiger charge is 2.37. The minimum Gasteiger partial charge on any atom is -0.453 e. The van der Waals surface area contributed by atoms with Crippen LogP contribution in [0.15, 0.2) is 47.0 Å². The Labute approximate surface area is 154 Å². The first-order valence-corrected chi connectivity index (χ1v) is 9.18. The first-order valence-electron chi connectivity index (χ1n) is 9.18. The molecule has 0 atom stereocenters. The number of piperidine rings is 1. The first-order chi connectivity index (χ1) is 12.3. The van der Waals surface area contributed by atoms with Crippen molar-refractivity contribution >= 4 is 16.8 Å². The molecule has 0 amide bonds. The minimum atomic E-state index is 0.0913. The molecule has 5 nitrogen and oxygen atoms in total. The van der Waals surface area contributed by atoms with Crippen LogP contribution in [0.1, 0.15) is 40.5 Å². The van der Waals surface area contributed by atoms with Gasteiger partial charge in [-0.1, -0.05) is 18.2 Å². The van der Waals surface area contributed by atoms with Crippen molar-refractivity contribution < 1.29 is 4.42 Å². The SMILES string of the molecule is CC1(C)CC(Nc2ccnc(-c3cc4ccccc4o3)n2)CC(C)(C)N1. The van der Waals surface area contributed by atoms with Gasteiger partial charge in [0.1, 0.15) is 11.4 Å². The molecule has 0 saturated carbocycles. The molecule has 0 bridgehead atoms. The molecule has 2 aromatic heterocycles. The monoisotopic (exact) mass is 350 g/mol. The van der Waals surface area contributed by atoms with Crippen LogP contribution in [-0.2, 0) is 0 Å². The molecule has 1 aliphatic rings. The number of hydrogen-bond acceptors (Lipinski definition) is 5. The van der Waals surface area contributed by atoms with E-state index in [2.05, 4.69) is 43.3 Å². The number of hydrogen-bond donors (Lipinski definition) is 2. The molecule has 4 rings (SSSR count). The van der Waals surface area contributed by atoms with Gasteiger partial charge in [0.25, 0.3) is 0 Å². The number of anilines is 1. The zero-order valence-corrected chi connectivity index (χ0v) is 15.8. The smallest absolute Gasteiger partial charge is 0.197 e. The van der Waals surface area contributed by atoms with E-state index in [0.29, 0.717) is 17.6 Å². The zero-order chi connectivity index (χ0) is 18.4. The summed E-state index contributed by atoms with van der Waals surface area (Å²) in [4.78, 5) is 9.09. The number of nitrogens with one attached hydrogen (secondary N) is 2. The van der Waals surface area contributed by atoms with Crippen LogP contribution in [0.3, 0.4) is 0 Å². The van der Waals surface area contributed by atoms with Crippen LogP contribution in [0.4, 0.5) is 5.82 Å². The molecule has 3 aromatic rings. The predicted octanol–water partition coefficient (Wildman–Crippen LogP) is 4.61. The zero-order valence-electron chi connectivity index (χ0n) is 15.8. The Morgan fingerprint density at radius 2 is 1.81 bits per heavy atom. The molecular formula is C21H26N4O. The lowest BCUT2D eigenvalue weighted by molar-refractivity contribution is 0.170. The number of rotatable bonds is 3. The summed E-state index contributed by atoms with van der Waals surface area (Å²) in [5.74, 6) is 2.15. The van der Waals surface area contributed by atoms with Crippen LogP contribution in [-0.4, -0.2) is 27.1 Å². The lowest BCUT2D eigenvalue weighted by atomic mass is 9.79. The van der Waals surface area contributed by atoms with Crippen molar-refractivity contribution in [2.75, 3.05) is 5.32 Å². The van der Waals surface area contributed by atoms with Gasteiger partial charge in [-0.3, -0.25) is 0 Å². The fourth-order valence-electron chi connectivity index (χ4n) is 4.28. The fraction of sp³-hybridized carbons (Fsp3) is 0.429. The Hall–Kier alpha value is -2.40. The Kier molecular flexibility index (Phi) is 3.99. The van der Waals surface area contributed by atoms with E-state index < -0.39 is 0 Å². The van der Waals surface area contributed by atoms with Crippen LogP contribution in [0.2, 0.25) is 0 Å². The quantitative estimate of drug-likeness (QED) is 0.722. The number of furan rings is 1. The summed E-state index contributed by atoms with van der Waals surface area (Å²) >= 11 is 0. The molecule has 0 radical (unpaired) electrons. The highest BCUT2D eigenvalue weighted by Crippen LogP contribution is 2.31. The number of nitrogens with zero attached hydrogens (tertiary/aromatic N) is 2. The lowest BCUT2D eigenvalue weighted by Gasteiger charge is -2.46. The van der Waals surface area contributed by atoms with Gasteiger partial charge in [0.05, 0.1) is 0 Å². The molecule has 1 saturated heterocycles. The first kappa shape index (κ1) is 17.0. The highest BCUT2D eigenvalue weighted by atomic mass is 16.3. The Bertz CT molecular complexity index is 879. The Balaban J connectivity index is 1.58. The van der Waals surface area contributed by atoms with E-state index in [4.69, 9.17) is 9.40 Å². The molecule has 5 heteroatoms. The second-order valence-corrected chi connectivity index (χ2v) is 8.56. The van der Waals surface area contributed by atoms with E-state index in [1.165, 1.54) is 0 Å². The molecule has 0 unspecified atom stereocenters. The Morgan fingerprint density at radius 3 is 2.54 bits per heavy atom. The van der Waals surface area contributed by atoms with Gasteiger partial charge < -0.3 is 15.1 Å². The third kappa shape index (κ3) is 3.58. The third-order valence-corrected chi connectivity index (χ3v) is 4.84. The second kappa shape index (κ2) is 6.09. The summed E-state index contributed by atoms with van der Waals surface area (Å²) < 4.78 is 5.90. The summed E-state index contributed by atoms with van der Waals surface area (Å²) in [7, 11) is 0. The van der Waals surface area contributed by atoms with E-state index >= 15 is 0 Å². The van der Waals surface area contributed by atoms with Gasteiger partial charge >= 0.3 is 0 Å². The van der Waals surface area contributed by atoms with E-state index in [0.717, 1.165) is 29.6 Å². The van der Waals surface area contributed by atoms with E-state index in [-0.39, 0.29) is 11.1 Å². The Morgan fingerprint density at radius 1 is 1.08 bits per heavy atom. The van der Waals surface area contributed by atoms with Crippen molar-refractivity contribution in [1.82, 2.24) is 15.3 Å². The van der Waals surface area contributed by atoms with Gasteiger partial charge in [-0.2, -0.15) is 0 Å². The molecule has 136 valence electrons. The average molecular weight is 350 g/mol. The maximum Gasteiger partial charge on any atom is 0.197 e. The molecule has 1 aliphatic heterocycles. The van der Waals surface area contributed by atoms with Crippen molar-refractivity contribution in [2.24, 2.45) is 0 Å². The van der Waals surface area contributed by atoms with Crippen LogP contribution in [0.25, 0.3) is 22.6 Å². The fourth-order valence-corrected chi connectivity index (χ4v) is 4.28. The number of aromatic nitrogens is 2. The normalized spacial score (nSPS) is 19.5. The molecule has 1 fully saturated rings. The average Bonchev–Trinajstić information content (AvgIpc) is 2.96. The number of fused-ring (bicyclic) bond motifs is 1. The van der Waals surface area contributed by atoms with Crippen LogP contribution in [0.5, 0.6) is 0 Å². The van der Waals surface area contributed by atoms with Crippen molar-refractivity contribution in [3.05, 3.63) is 42.6 Å². The summed E-state index contributed by atoms with van der Waals surface area (Å²) in [6.45, 7) is 9.01. The second-order valence-electron chi connectivity index (χ2n) is 8.56. The van der Waals surface area contributed by atoms with Crippen molar-refractivity contribution in [3.63, 3.8) is 0 Å². The number of benzene rings is 1. The number of para-hydroxylation sites is 1. The lowest BCUT2D eigenvalue weighted by Crippen LogP contribution is -2.60. The maximum atomic E-state index is 5.90. The standard InChI is InChI=1S/C21H26N4O/c1-20(2)12-15(13-21(3,4)25-20)23-18-9-10-22-19(24-18)17-11-14-7-5-6-8-16(14)26-17/h5-11,15,25H,12-13H2,1-4H3,(H,22,23,24). The van der Waals surface area contributed by atoms with Crippen molar-refractivity contribution in [1.29, 1.82) is 0 Å². The molecule has 26 heavy (non-hydrogen) atoms. The summed E-state index contributed by atoms with van der Waals surface area (Å²) in [5, 5.41) is 8.38. The summed E-state index contributed by atoms with van der Waals surface area (Å²) in [5.41, 5.74) is 1.04. The minimum absolute atomic E-state index is 0.0913.